The van der Waals surface area contributed by atoms with Gasteiger partial charge in [-0.2, -0.15) is 4.98 Å². The number of hydrogen-bond acceptors (Lipinski definition) is 6. The van der Waals surface area contributed by atoms with Gasteiger partial charge < -0.3 is 20.7 Å². The van der Waals surface area contributed by atoms with E-state index in [9.17, 15) is 9.90 Å². The summed E-state index contributed by atoms with van der Waals surface area (Å²) in [5.74, 6) is 0.141. The Morgan fingerprint density at radius 3 is 2.95 bits per heavy atom. The van der Waals surface area contributed by atoms with E-state index in [-0.39, 0.29) is 18.0 Å². The number of hydrogen-bond donors (Lipinski definition) is 3. The lowest BCUT2D eigenvalue weighted by Gasteiger charge is -2.15. The Balaban J connectivity index is 2.51. The molecule has 1 aliphatic heterocycles. The Bertz CT molecular complexity index is 603. The van der Waals surface area contributed by atoms with Gasteiger partial charge in [0.25, 0.3) is 0 Å². The molecule has 102 valence electrons. The standard InChI is InChI=1S/C12H15N3O4/c1-3-7-9(17)8(5-16)19-11(7)15-4-6(2)10(13)14-12(15)18/h4,8-9,11,16-17H,1,5H2,2H3,(H2,13,14,18)/t8-,9+,11-/m1/s1. The van der Waals surface area contributed by atoms with Crippen LogP contribution in [0.1, 0.15) is 11.8 Å². The lowest BCUT2D eigenvalue weighted by atomic mass is 10.1. The highest BCUT2D eigenvalue weighted by molar-refractivity contribution is 5.35. The molecule has 2 rings (SSSR count). The van der Waals surface area contributed by atoms with E-state index in [2.05, 4.69) is 17.3 Å². The molecule has 1 aliphatic rings. The fraction of sp³-hybridized carbons (Fsp3) is 0.417. The molecule has 0 bridgehead atoms. The molecular formula is C12H15N3O4. The van der Waals surface area contributed by atoms with E-state index in [4.69, 9.17) is 15.6 Å². The molecule has 0 amide bonds. The summed E-state index contributed by atoms with van der Waals surface area (Å²) in [6.45, 7) is 4.79. The van der Waals surface area contributed by atoms with Crippen molar-refractivity contribution in [3.8, 4) is 0 Å². The molecule has 2 heterocycles. The van der Waals surface area contributed by atoms with Crippen molar-refractivity contribution in [2.75, 3.05) is 12.3 Å². The first-order valence-electron chi connectivity index (χ1n) is 5.69. The van der Waals surface area contributed by atoms with Gasteiger partial charge in [0, 0.05) is 11.8 Å². The molecule has 0 aliphatic carbocycles. The second kappa shape index (κ2) is 4.99. The van der Waals surface area contributed by atoms with E-state index in [0.29, 0.717) is 5.56 Å². The zero-order chi connectivity index (χ0) is 14.2. The third kappa shape index (κ3) is 2.20. The fourth-order valence-electron chi connectivity index (χ4n) is 1.96. The highest BCUT2D eigenvalue weighted by Gasteiger charge is 2.40. The number of nitrogens with zero attached hydrogens (tertiary/aromatic N) is 2. The van der Waals surface area contributed by atoms with Gasteiger partial charge in [-0.1, -0.05) is 6.58 Å². The van der Waals surface area contributed by atoms with Crippen molar-refractivity contribution in [3.63, 3.8) is 0 Å². The van der Waals surface area contributed by atoms with Gasteiger partial charge in [0.2, 0.25) is 0 Å². The number of aliphatic hydroxyl groups is 2. The van der Waals surface area contributed by atoms with Crippen molar-refractivity contribution >= 4 is 5.82 Å². The summed E-state index contributed by atoms with van der Waals surface area (Å²) >= 11 is 0. The van der Waals surface area contributed by atoms with E-state index in [1.54, 1.807) is 6.92 Å². The minimum atomic E-state index is -1.06. The number of nitrogens with two attached hydrogens (primary N) is 1. The van der Waals surface area contributed by atoms with Gasteiger partial charge in [-0.05, 0) is 6.92 Å². The van der Waals surface area contributed by atoms with Crippen LogP contribution in [-0.4, -0.2) is 38.6 Å². The van der Waals surface area contributed by atoms with E-state index in [1.165, 1.54) is 10.8 Å². The van der Waals surface area contributed by atoms with E-state index in [0.717, 1.165) is 0 Å². The Labute approximate surface area is 109 Å². The molecule has 0 aromatic carbocycles. The average Bonchev–Trinajstić information content (AvgIpc) is 2.70. The monoisotopic (exact) mass is 265 g/mol. The molecule has 1 aromatic rings. The molecule has 7 heteroatoms. The molecule has 0 spiro atoms. The predicted molar refractivity (Wildman–Crippen MR) is 67.3 cm³/mol. The van der Waals surface area contributed by atoms with E-state index in [1.807, 2.05) is 0 Å². The second-order valence-electron chi connectivity index (χ2n) is 4.29. The maximum absolute atomic E-state index is 11.8. The summed E-state index contributed by atoms with van der Waals surface area (Å²) in [5.41, 5.74) is 8.38. The molecule has 3 atom stereocenters. The zero-order valence-electron chi connectivity index (χ0n) is 10.4. The number of ether oxygens (including phenoxy) is 1. The molecule has 0 radical (unpaired) electrons. The van der Waals surface area contributed by atoms with Crippen molar-refractivity contribution in [1.82, 2.24) is 9.55 Å². The molecule has 1 aromatic heterocycles. The van der Waals surface area contributed by atoms with Crippen molar-refractivity contribution in [2.24, 2.45) is 0 Å². The van der Waals surface area contributed by atoms with Crippen LogP contribution in [0, 0.1) is 6.92 Å². The number of aromatic nitrogens is 2. The SMILES string of the molecule is C=C=C1[C@H](n2cc(C)c(N)nc2=O)O[C@H](CO)[C@H]1O. The van der Waals surface area contributed by atoms with Crippen molar-refractivity contribution in [1.29, 1.82) is 0 Å². The largest absolute Gasteiger partial charge is 0.394 e. The normalized spacial score (nSPS) is 26.5. The zero-order valence-corrected chi connectivity index (χ0v) is 10.4. The lowest BCUT2D eigenvalue weighted by Crippen LogP contribution is -2.29. The number of rotatable bonds is 2. The summed E-state index contributed by atoms with van der Waals surface area (Å²) in [7, 11) is 0. The molecule has 19 heavy (non-hydrogen) atoms. The van der Waals surface area contributed by atoms with Crippen molar-refractivity contribution in [3.05, 3.63) is 40.1 Å². The fourth-order valence-corrected chi connectivity index (χ4v) is 1.96. The van der Waals surface area contributed by atoms with Crippen LogP contribution in [0.15, 0.2) is 28.9 Å². The van der Waals surface area contributed by atoms with Crippen LogP contribution in [0.4, 0.5) is 5.82 Å². The summed E-state index contributed by atoms with van der Waals surface area (Å²) in [4.78, 5) is 15.5. The smallest absolute Gasteiger partial charge is 0.351 e. The van der Waals surface area contributed by atoms with Gasteiger partial charge in [0.1, 0.15) is 18.0 Å². The maximum Gasteiger partial charge on any atom is 0.351 e. The summed E-state index contributed by atoms with van der Waals surface area (Å²) in [5, 5.41) is 19.0. The van der Waals surface area contributed by atoms with Crippen LogP contribution < -0.4 is 11.4 Å². The first-order valence-corrected chi connectivity index (χ1v) is 5.69. The van der Waals surface area contributed by atoms with Crippen molar-refractivity contribution < 1.29 is 14.9 Å². The first-order chi connectivity index (χ1) is 8.99. The predicted octanol–water partition coefficient (Wildman–Crippen LogP) is -0.904. The third-order valence-electron chi connectivity index (χ3n) is 3.05. The average molecular weight is 265 g/mol. The second-order valence-corrected chi connectivity index (χ2v) is 4.29. The minimum absolute atomic E-state index is 0.141. The number of anilines is 1. The summed E-state index contributed by atoms with van der Waals surface area (Å²) < 4.78 is 6.62. The molecule has 7 nitrogen and oxygen atoms in total. The lowest BCUT2D eigenvalue weighted by molar-refractivity contribution is -0.0447. The van der Waals surface area contributed by atoms with Gasteiger partial charge in [0.15, 0.2) is 6.23 Å². The first kappa shape index (κ1) is 13.5. The Hall–Kier alpha value is -1.92. The van der Waals surface area contributed by atoms with Gasteiger partial charge in [0.05, 0.1) is 12.2 Å². The van der Waals surface area contributed by atoms with Crippen LogP contribution >= 0.6 is 0 Å². The topological polar surface area (TPSA) is 111 Å². The van der Waals surface area contributed by atoms with Crippen molar-refractivity contribution in [2.45, 2.75) is 25.4 Å². The number of nitrogen functional groups attached to an aromatic ring is 1. The van der Waals surface area contributed by atoms with Crippen LogP contribution in [0.3, 0.4) is 0 Å². The summed E-state index contributed by atoms with van der Waals surface area (Å²) in [6.07, 6.45) is -1.28. The van der Waals surface area contributed by atoms with Gasteiger partial charge in [-0.25, -0.2) is 4.79 Å². The van der Waals surface area contributed by atoms with E-state index >= 15 is 0 Å². The Morgan fingerprint density at radius 1 is 1.68 bits per heavy atom. The minimum Gasteiger partial charge on any atom is -0.394 e. The number of aliphatic hydroxyl groups excluding tert-OH is 2. The molecule has 0 unspecified atom stereocenters. The summed E-state index contributed by atoms with van der Waals surface area (Å²) in [6, 6.07) is 0. The quantitative estimate of drug-likeness (QED) is 0.597. The van der Waals surface area contributed by atoms with Crippen LogP contribution in [0.25, 0.3) is 0 Å². The Morgan fingerprint density at radius 2 is 2.37 bits per heavy atom. The highest BCUT2D eigenvalue weighted by Crippen LogP contribution is 2.32. The van der Waals surface area contributed by atoms with Crippen LogP contribution in [0.2, 0.25) is 0 Å². The van der Waals surface area contributed by atoms with Gasteiger partial charge in [-0.15, -0.1) is 5.73 Å². The molecular weight excluding hydrogens is 250 g/mol. The molecule has 1 fully saturated rings. The van der Waals surface area contributed by atoms with Crippen LogP contribution in [-0.2, 0) is 4.74 Å². The molecule has 4 N–H and O–H groups in total. The number of aryl methyl sites for hydroxylation is 1. The molecule has 0 saturated carbocycles. The highest BCUT2D eigenvalue weighted by atomic mass is 16.5. The van der Waals surface area contributed by atoms with Gasteiger partial charge >= 0.3 is 5.69 Å². The van der Waals surface area contributed by atoms with E-state index < -0.39 is 24.1 Å². The van der Waals surface area contributed by atoms with Crippen LogP contribution in [0.5, 0.6) is 0 Å². The molecule has 1 saturated heterocycles. The maximum atomic E-state index is 11.8. The Kier molecular flexibility index (Phi) is 3.55. The van der Waals surface area contributed by atoms with Gasteiger partial charge in [-0.3, -0.25) is 4.57 Å². The third-order valence-corrected chi connectivity index (χ3v) is 3.05.